The third-order valence-corrected chi connectivity index (χ3v) is 4.61. The Balaban J connectivity index is 2.05. The van der Waals surface area contributed by atoms with E-state index in [4.69, 9.17) is 4.74 Å². The Kier molecular flexibility index (Phi) is 5.00. The fourth-order valence-electron chi connectivity index (χ4n) is 3.46. The molecule has 24 heavy (non-hydrogen) atoms. The van der Waals surface area contributed by atoms with E-state index in [1.807, 2.05) is 18.2 Å². The summed E-state index contributed by atoms with van der Waals surface area (Å²) in [4.78, 5) is 30.7. The van der Waals surface area contributed by atoms with E-state index >= 15 is 0 Å². The first-order chi connectivity index (χ1) is 11.6. The van der Waals surface area contributed by atoms with Crippen LogP contribution in [0, 0.1) is 5.92 Å². The second-order valence-electron chi connectivity index (χ2n) is 6.56. The number of nitrogens with one attached hydrogen (secondary N) is 1. The molecule has 0 radical (unpaired) electrons. The Morgan fingerprint density at radius 3 is 2.92 bits per heavy atom. The Labute approximate surface area is 141 Å². The largest absolute Gasteiger partial charge is 0.461 e. The number of hydrogen-bond donors (Lipinski definition) is 1. The van der Waals surface area contributed by atoms with Gasteiger partial charge in [0, 0.05) is 29.6 Å². The molecule has 2 aromatic rings. The summed E-state index contributed by atoms with van der Waals surface area (Å²) in [5, 5.41) is 0.616. The number of carbonyl (C=O) groups excluding carboxylic acids is 1. The summed E-state index contributed by atoms with van der Waals surface area (Å²) in [5.41, 5.74) is 1.40. The monoisotopic (exact) mass is 328 g/mol. The highest BCUT2D eigenvalue weighted by Crippen LogP contribution is 2.19. The van der Waals surface area contributed by atoms with Crippen LogP contribution in [0.3, 0.4) is 0 Å². The van der Waals surface area contributed by atoms with E-state index in [0.717, 1.165) is 19.5 Å². The van der Waals surface area contributed by atoms with E-state index < -0.39 is 5.97 Å². The van der Waals surface area contributed by atoms with Crippen molar-refractivity contribution in [3.8, 4) is 0 Å². The molecule has 0 saturated carbocycles. The molecule has 0 unspecified atom stereocenters. The Bertz CT molecular complexity index is 797. The van der Waals surface area contributed by atoms with Gasteiger partial charge in [-0.05, 0) is 44.4 Å². The molecule has 1 aliphatic rings. The zero-order valence-electron chi connectivity index (χ0n) is 14.3. The first-order valence-electron chi connectivity index (χ1n) is 8.63. The molecular weight excluding hydrogens is 304 g/mol. The van der Waals surface area contributed by atoms with Crippen molar-refractivity contribution in [1.29, 1.82) is 0 Å². The number of aromatic amines is 1. The molecule has 1 atom stereocenters. The summed E-state index contributed by atoms with van der Waals surface area (Å²) >= 11 is 0. The zero-order valence-corrected chi connectivity index (χ0v) is 14.3. The SMILES string of the molecule is CCOC(=O)c1[nH]c2ccccc2c(=O)c1CN1CCC[C@H](C)C1. The second kappa shape index (κ2) is 7.18. The van der Waals surface area contributed by atoms with Crippen LogP contribution < -0.4 is 5.43 Å². The topological polar surface area (TPSA) is 62.4 Å². The van der Waals surface area contributed by atoms with Gasteiger partial charge >= 0.3 is 5.97 Å². The molecule has 2 heterocycles. The zero-order chi connectivity index (χ0) is 17.1. The van der Waals surface area contributed by atoms with Gasteiger partial charge in [0.25, 0.3) is 0 Å². The molecular formula is C19H24N2O3. The highest BCUT2D eigenvalue weighted by Gasteiger charge is 2.23. The lowest BCUT2D eigenvalue weighted by atomic mass is 9.99. The first-order valence-corrected chi connectivity index (χ1v) is 8.63. The third kappa shape index (κ3) is 3.36. The Morgan fingerprint density at radius 2 is 2.17 bits per heavy atom. The number of hydrogen-bond acceptors (Lipinski definition) is 4. The van der Waals surface area contributed by atoms with Gasteiger partial charge in [0.1, 0.15) is 5.69 Å². The van der Waals surface area contributed by atoms with Crippen molar-refractivity contribution >= 4 is 16.9 Å². The number of ether oxygens (including phenoxy) is 1. The molecule has 128 valence electrons. The van der Waals surface area contributed by atoms with Gasteiger partial charge < -0.3 is 9.72 Å². The summed E-state index contributed by atoms with van der Waals surface area (Å²) in [7, 11) is 0. The number of piperidine rings is 1. The number of esters is 1. The Hall–Kier alpha value is -2.14. The number of carbonyl (C=O) groups is 1. The van der Waals surface area contributed by atoms with Gasteiger partial charge in [0.2, 0.25) is 0 Å². The number of benzene rings is 1. The van der Waals surface area contributed by atoms with Crippen LogP contribution in [-0.2, 0) is 11.3 Å². The summed E-state index contributed by atoms with van der Waals surface area (Å²) in [6, 6.07) is 7.30. The van der Waals surface area contributed by atoms with Crippen molar-refractivity contribution in [3.05, 3.63) is 45.7 Å². The molecule has 1 N–H and O–H groups in total. The van der Waals surface area contributed by atoms with Crippen molar-refractivity contribution in [1.82, 2.24) is 9.88 Å². The fourth-order valence-corrected chi connectivity index (χ4v) is 3.46. The minimum Gasteiger partial charge on any atom is -0.461 e. The molecule has 0 aliphatic carbocycles. The molecule has 5 heteroatoms. The van der Waals surface area contributed by atoms with Crippen LogP contribution in [0.5, 0.6) is 0 Å². The van der Waals surface area contributed by atoms with Gasteiger partial charge in [-0.1, -0.05) is 19.1 Å². The minimum atomic E-state index is -0.458. The maximum atomic E-state index is 13.0. The molecule has 0 spiro atoms. The number of rotatable bonds is 4. The molecule has 3 rings (SSSR count). The third-order valence-electron chi connectivity index (χ3n) is 4.61. The normalized spacial score (nSPS) is 18.7. The highest BCUT2D eigenvalue weighted by atomic mass is 16.5. The smallest absolute Gasteiger partial charge is 0.355 e. The van der Waals surface area contributed by atoms with E-state index in [1.165, 1.54) is 6.42 Å². The number of H-pyrrole nitrogens is 1. The molecule has 1 aliphatic heterocycles. The molecule has 5 nitrogen and oxygen atoms in total. The van der Waals surface area contributed by atoms with Gasteiger partial charge in [-0.2, -0.15) is 0 Å². The predicted octanol–water partition coefficient (Wildman–Crippen LogP) is 2.94. The van der Waals surface area contributed by atoms with Crippen LogP contribution in [-0.4, -0.2) is 35.5 Å². The van der Waals surface area contributed by atoms with Crippen LogP contribution in [0.25, 0.3) is 10.9 Å². The van der Waals surface area contributed by atoms with Crippen LogP contribution in [0.15, 0.2) is 29.1 Å². The molecule has 0 amide bonds. The summed E-state index contributed by atoms with van der Waals surface area (Å²) in [6.07, 6.45) is 2.34. The lowest BCUT2D eigenvalue weighted by Gasteiger charge is -2.31. The molecule has 1 fully saturated rings. The average molecular weight is 328 g/mol. The second-order valence-corrected chi connectivity index (χ2v) is 6.56. The van der Waals surface area contributed by atoms with Crippen molar-refractivity contribution in [2.75, 3.05) is 19.7 Å². The number of likely N-dealkylation sites (tertiary alicyclic amines) is 1. The van der Waals surface area contributed by atoms with Gasteiger partial charge in [-0.25, -0.2) is 4.79 Å². The standard InChI is InChI=1S/C19H24N2O3/c1-3-24-19(23)17-15(12-21-10-6-7-13(2)11-21)18(22)14-8-4-5-9-16(14)20-17/h4-5,8-9,13H,3,6-7,10-12H2,1-2H3,(H,20,22)/t13-/m0/s1. The van der Waals surface area contributed by atoms with E-state index in [2.05, 4.69) is 16.8 Å². The van der Waals surface area contributed by atoms with E-state index in [9.17, 15) is 9.59 Å². The maximum absolute atomic E-state index is 13.0. The summed E-state index contributed by atoms with van der Waals surface area (Å²) in [6.45, 7) is 6.67. The van der Waals surface area contributed by atoms with Crippen molar-refractivity contribution < 1.29 is 9.53 Å². The predicted molar refractivity (Wildman–Crippen MR) is 94.2 cm³/mol. The number of nitrogens with zero attached hydrogens (tertiary/aromatic N) is 1. The molecule has 1 saturated heterocycles. The van der Waals surface area contributed by atoms with Crippen LogP contribution in [0.4, 0.5) is 0 Å². The summed E-state index contributed by atoms with van der Waals surface area (Å²) < 4.78 is 5.16. The van der Waals surface area contributed by atoms with Gasteiger partial charge in [0.05, 0.1) is 6.61 Å². The molecule has 0 bridgehead atoms. The lowest BCUT2D eigenvalue weighted by molar-refractivity contribution is 0.0516. The van der Waals surface area contributed by atoms with E-state index in [0.29, 0.717) is 34.6 Å². The van der Waals surface area contributed by atoms with Crippen LogP contribution in [0.2, 0.25) is 0 Å². The Morgan fingerprint density at radius 1 is 1.38 bits per heavy atom. The molecule has 1 aromatic heterocycles. The number of aromatic nitrogens is 1. The van der Waals surface area contributed by atoms with Crippen molar-refractivity contribution in [3.63, 3.8) is 0 Å². The van der Waals surface area contributed by atoms with Crippen LogP contribution in [0.1, 0.15) is 42.7 Å². The average Bonchev–Trinajstić information content (AvgIpc) is 2.57. The number of fused-ring (bicyclic) bond motifs is 1. The van der Waals surface area contributed by atoms with Crippen molar-refractivity contribution in [2.45, 2.75) is 33.2 Å². The van der Waals surface area contributed by atoms with Gasteiger partial charge in [-0.15, -0.1) is 0 Å². The quantitative estimate of drug-likeness (QED) is 0.877. The van der Waals surface area contributed by atoms with Crippen LogP contribution >= 0.6 is 0 Å². The van der Waals surface area contributed by atoms with Gasteiger partial charge in [0.15, 0.2) is 5.43 Å². The van der Waals surface area contributed by atoms with E-state index in [1.54, 1.807) is 13.0 Å². The van der Waals surface area contributed by atoms with Gasteiger partial charge in [-0.3, -0.25) is 9.69 Å². The van der Waals surface area contributed by atoms with E-state index in [-0.39, 0.29) is 12.0 Å². The highest BCUT2D eigenvalue weighted by molar-refractivity contribution is 5.92. The molecule has 1 aromatic carbocycles. The lowest BCUT2D eigenvalue weighted by Crippen LogP contribution is -2.36. The number of pyridine rings is 1. The maximum Gasteiger partial charge on any atom is 0.355 e. The first kappa shape index (κ1) is 16.7. The number of para-hydroxylation sites is 1. The summed E-state index contributed by atoms with van der Waals surface area (Å²) in [5.74, 6) is 0.157. The fraction of sp³-hybridized carbons (Fsp3) is 0.474. The van der Waals surface area contributed by atoms with Crippen molar-refractivity contribution in [2.24, 2.45) is 5.92 Å². The minimum absolute atomic E-state index is 0.0781.